The molecule has 86 valence electrons. The summed E-state index contributed by atoms with van der Waals surface area (Å²) >= 11 is 0. The Hall–Kier alpha value is -2.19. The van der Waals surface area contributed by atoms with E-state index in [9.17, 15) is 4.79 Å². The fraction of sp³-hybridized carbons (Fsp3) is 0.231. The number of aromatic nitrogens is 2. The van der Waals surface area contributed by atoms with Crippen LogP contribution in [0.4, 0.5) is 5.69 Å². The monoisotopic (exact) mass is 227 g/mol. The fourth-order valence-electron chi connectivity index (χ4n) is 2.00. The minimum absolute atomic E-state index is 0.549. The lowest BCUT2D eigenvalue weighted by Crippen LogP contribution is -1.94. The molecule has 0 unspecified atom stereocenters. The van der Waals surface area contributed by atoms with Crippen LogP contribution < -0.4 is 0 Å². The van der Waals surface area contributed by atoms with E-state index in [2.05, 4.69) is 16.2 Å². The molecule has 0 atom stereocenters. The molecule has 1 heterocycles. The third-order valence-electron chi connectivity index (χ3n) is 2.58. The number of benzene rings is 1. The zero-order chi connectivity index (χ0) is 12.4. The molecule has 0 aliphatic heterocycles. The van der Waals surface area contributed by atoms with Crippen molar-refractivity contribution in [2.75, 3.05) is 0 Å². The number of hydrogen-bond acceptors (Lipinski definition) is 3. The first kappa shape index (κ1) is 11.3. The quantitative estimate of drug-likeness (QED) is 0.585. The maximum Gasteiger partial charge on any atom is 0.240 e. The van der Waals surface area contributed by atoms with Gasteiger partial charge in [0.25, 0.3) is 0 Å². The summed E-state index contributed by atoms with van der Waals surface area (Å²) in [5.41, 5.74) is 4.73. The normalized spacial score (nSPS) is 10.1. The zero-order valence-electron chi connectivity index (χ0n) is 10.1. The summed E-state index contributed by atoms with van der Waals surface area (Å²) in [5.74, 6) is 0. The molecule has 4 heteroatoms. The first-order valence-corrected chi connectivity index (χ1v) is 5.30. The summed E-state index contributed by atoms with van der Waals surface area (Å²) in [6.07, 6.45) is 3.13. The van der Waals surface area contributed by atoms with Crippen LogP contribution >= 0.6 is 0 Å². The van der Waals surface area contributed by atoms with Crippen molar-refractivity contribution in [2.24, 2.45) is 12.0 Å². The molecule has 1 aromatic carbocycles. The van der Waals surface area contributed by atoms with Crippen LogP contribution in [0.2, 0.25) is 0 Å². The van der Waals surface area contributed by atoms with Crippen LogP contribution in [0.1, 0.15) is 11.1 Å². The highest BCUT2D eigenvalue weighted by molar-refractivity contribution is 5.74. The van der Waals surface area contributed by atoms with Crippen molar-refractivity contribution in [2.45, 2.75) is 13.8 Å². The van der Waals surface area contributed by atoms with E-state index in [1.54, 1.807) is 17.0 Å². The molecular formula is C13H13N3O. The molecule has 0 spiro atoms. The maximum absolute atomic E-state index is 10.4. The maximum atomic E-state index is 10.4. The third-order valence-corrected chi connectivity index (χ3v) is 2.58. The van der Waals surface area contributed by atoms with Gasteiger partial charge in [-0.2, -0.15) is 10.1 Å². The van der Waals surface area contributed by atoms with Crippen molar-refractivity contribution in [3.05, 3.63) is 35.5 Å². The number of carbonyl (C=O) groups excluding carboxylic acids is 1. The standard InChI is InChI=1S/C13H13N3O/c1-9-4-10(2)6-11(5-9)13-12(14-8-17)7-15-16(13)3/h4-7H,1-3H3. The van der Waals surface area contributed by atoms with Gasteiger partial charge in [0.1, 0.15) is 5.69 Å². The molecule has 0 bridgehead atoms. The second-order valence-electron chi connectivity index (χ2n) is 4.08. The number of rotatable bonds is 2. The Kier molecular flexibility index (Phi) is 2.90. The van der Waals surface area contributed by atoms with Gasteiger partial charge in [0.2, 0.25) is 6.08 Å². The second kappa shape index (κ2) is 4.36. The average molecular weight is 227 g/mol. The SMILES string of the molecule is Cc1cc(C)cc(-c2c(N=C=O)cnn2C)c1. The predicted molar refractivity (Wildman–Crippen MR) is 65.9 cm³/mol. The van der Waals surface area contributed by atoms with Gasteiger partial charge in [-0.15, -0.1) is 0 Å². The fourth-order valence-corrected chi connectivity index (χ4v) is 2.00. The van der Waals surface area contributed by atoms with Crippen LogP contribution in [0.15, 0.2) is 29.4 Å². The molecule has 0 aliphatic carbocycles. The Labute approximate surface area is 99.6 Å². The number of hydrogen-bond donors (Lipinski definition) is 0. The van der Waals surface area contributed by atoms with Gasteiger partial charge < -0.3 is 0 Å². The van der Waals surface area contributed by atoms with Gasteiger partial charge in [-0.25, -0.2) is 4.79 Å². The average Bonchev–Trinajstić information content (AvgIpc) is 2.59. The van der Waals surface area contributed by atoms with Crippen LogP contribution in [0.25, 0.3) is 11.3 Å². The Balaban J connectivity index is 2.66. The molecule has 0 saturated carbocycles. The lowest BCUT2D eigenvalue weighted by atomic mass is 10.0. The molecule has 0 fully saturated rings. The Bertz CT molecular complexity index is 587. The molecule has 0 amide bonds. The number of aryl methyl sites for hydroxylation is 3. The molecular weight excluding hydrogens is 214 g/mol. The van der Waals surface area contributed by atoms with Crippen molar-refractivity contribution in [1.29, 1.82) is 0 Å². The van der Waals surface area contributed by atoms with E-state index in [-0.39, 0.29) is 0 Å². The summed E-state index contributed by atoms with van der Waals surface area (Å²) < 4.78 is 1.71. The van der Waals surface area contributed by atoms with E-state index in [1.807, 2.05) is 33.0 Å². The zero-order valence-corrected chi connectivity index (χ0v) is 10.1. The van der Waals surface area contributed by atoms with Crippen LogP contribution in [0.3, 0.4) is 0 Å². The van der Waals surface area contributed by atoms with Crippen LogP contribution in [0.5, 0.6) is 0 Å². The Morgan fingerprint density at radius 2 is 1.88 bits per heavy atom. The molecule has 0 aliphatic rings. The van der Waals surface area contributed by atoms with Crippen LogP contribution in [0, 0.1) is 13.8 Å². The predicted octanol–water partition coefficient (Wildman–Crippen LogP) is 2.67. The molecule has 17 heavy (non-hydrogen) atoms. The van der Waals surface area contributed by atoms with Crippen LogP contribution in [-0.2, 0) is 11.8 Å². The van der Waals surface area contributed by atoms with Crippen molar-refractivity contribution in [1.82, 2.24) is 9.78 Å². The van der Waals surface area contributed by atoms with Crippen molar-refractivity contribution >= 4 is 11.8 Å². The van der Waals surface area contributed by atoms with E-state index in [1.165, 1.54) is 11.1 Å². The smallest absolute Gasteiger partial charge is 0.240 e. The lowest BCUT2D eigenvalue weighted by molar-refractivity contribution is 0.565. The molecule has 0 radical (unpaired) electrons. The van der Waals surface area contributed by atoms with E-state index in [0.717, 1.165) is 11.3 Å². The molecule has 2 rings (SSSR count). The van der Waals surface area contributed by atoms with Crippen molar-refractivity contribution < 1.29 is 4.79 Å². The summed E-state index contributed by atoms with van der Waals surface area (Å²) in [5, 5.41) is 4.11. The van der Waals surface area contributed by atoms with E-state index in [4.69, 9.17) is 0 Å². The Morgan fingerprint density at radius 3 is 2.47 bits per heavy atom. The van der Waals surface area contributed by atoms with Crippen molar-refractivity contribution in [3.8, 4) is 11.3 Å². The highest BCUT2D eigenvalue weighted by Gasteiger charge is 2.11. The first-order valence-electron chi connectivity index (χ1n) is 5.30. The van der Waals surface area contributed by atoms with Gasteiger partial charge in [0, 0.05) is 12.6 Å². The second-order valence-corrected chi connectivity index (χ2v) is 4.08. The largest absolute Gasteiger partial charge is 0.266 e. The third kappa shape index (κ3) is 2.17. The summed E-state index contributed by atoms with van der Waals surface area (Å²) in [7, 11) is 1.83. The van der Waals surface area contributed by atoms with Gasteiger partial charge in [-0.3, -0.25) is 4.68 Å². The molecule has 4 nitrogen and oxygen atoms in total. The topological polar surface area (TPSA) is 47.2 Å². The van der Waals surface area contributed by atoms with Crippen molar-refractivity contribution in [3.63, 3.8) is 0 Å². The molecule has 2 aromatic rings. The van der Waals surface area contributed by atoms with Crippen LogP contribution in [-0.4, -0.2) is 15.9 Å². The molecule has 0 saturated heterocycles. The van der Waals surface area contributed by atoms with E-state index < -0.39 is 0 Å². The first-order chi connectivity index (χ1) is 8.11. The van der Waals surface area contributed by atoms with Gasteiger partial charge in [0.15, 0.2) is 0 Å². The minimum atomic E-state index is 0.549. The summed E-state index contributed by atoms with van der Waals surface area (Å²) in [6, 6.07) is 6.20. The van der Waals surface area contributed by atoms with Gasteiger partial charge in [0.05, 0.1) is 11.9 Å². The van der Waals surface area contributed by atoms with E-state index >= 15 is 0 Å². The van der Waals surface area contributed by atoms with E-state index in [0.29, 0.717) is 5.69 Å². The lowest BCUT2D eigenvalue weighted by Gasteiger charge is -2.06. The van der Waals surface area contributed by atoms with Gasteiger partial charge in [-0.05, 0) is 26.0 Å². The molecule has 0 N–H and O–H groups in total. The highest BCUT2D eigenvalue weighted by Crippen LogP contribution is 2.30. The minimum Gasteiger partial charge on any atom is -0.266 e. The summed E-state index contributed by atoms with van der Waals surface area (Å²) in [6.45, 7) is 4.07. The number of aliphatic imine (C=N–C) groups is 1. The molecule has 1 aromatic heterocycles. The van der Waals surface area contributed by atoms with Gasteiger partial charge in [-0.1, -0.05) is 17.2 Å². The highest BCUT2D eigenvalue weighted by atomic mass is 16.1. The van der Waals surface area contributed by atoms with Gasteiger partial charge >= 0.3 is 0 Å². The number of nitrogens with zero attached hydrogens (tertiary/aromatic N) is 3. The number of isocyanates is 1. The summed E-state index contributed by atoms with van der Waals surface area (Å²) in [4.78, 5) is 14.0. The Morgan fingerprint density at radius 1 is 1.24 bits per heavy atom.